The SMILES string of the molecule is CC(=O)CCCCCC1(c2ccccc2)C23C4=C5C6=C=C4CC4=C=C7C8=C9C%10=CC%11C=C%12CC%13=C6c6c5c5c%14c%15c%16c%17c%18c(c8c(c(c%18%14)C521)C7=C43)C9C%10=C%17C%11C%16=C%12C%13c6%15. The van der Waals surface area contributed by atoms with E-state index in [1.807, 2.05) is 0 Å². The van der Waals surface area contributed by atoms with Gasteiger partial charge in [0, 0.05) is 91.8 Å². The van der Waals surface area contributed by atoms with Crippen molar-refractivity contribution < 1.29 is 4.79 Å². The molecule has 7 unspecified atom stereocenters. The fourth-order valence-electron chi connectivity index (χ4n) is 20.3. The number of carbonyl (C=O) groups excluding carboxylic acids is 1. The Morgan fingerprint density at radius 2 is 1.37 bits per heavy atom. The number of hydrogen-bond donors (Lipinski definition) is 0. The molecule has 0 aromatic heterocycles. The molecule has 0 N–H and O–H groups in total. The van der Waals surface area contributed by atoms with E-state index >= 15 is 0 Å². The molecule has 4 fully saturated rings. The standard InChI is InChI=1S/C58H28O/c1-18(59)8-4-3-7-11-56(23-9-5-2-6-10-23)57-52-21-13-22-17-27-33-32-26-15-20-12-19-14-24-30-25(16-21)35(52)48-39(30)41-31(24)28(19)37-29(20)38-34(26)40(32)45-42(33)49(36(27)53(22)57)55-51-47(45)44(38)43(37)46(41)50(51)54(48)58(55,56)57/h2,5-6,9-10,12,15,20,29,31,40H,3-4,7-8,11,13-14H2,1H3. The Bertz CT molecular complexity index is 4010. The van der Waals surface area contributed by atoms with Gasteiger partial charge >= 0.3 is 0 Å². The Labute approximate surface area is 338 Å². The molecule has 0 aliphatic heterocycles. The highest BCUT2D eigenvalue weighted by molar-refractivity contribution is 6.39. The molecule has 22 rings (SSSR count). The van der Waals surface area contributed by atoms with Crippen LogP contribution in [0.5, 0.6) is 0 Å². The highest BCUT2D eigenvalue weighted by atomic mass is 16.1. The second-order valence-electron chi connectivity index (χ2n) is 21.7. The summed E-state index contributed by atoms with van der Waals surface area (Å²) in [5.41, 5.74) is 56.4. The summed E-state index contributed by atoms with van der Waals surface area (Å²) in [6, 6.07) is 12.1. The van der Waals surface area contributed by atoms with Crippen molar-refractivity contribution in [2.24, 2.45) is 17.3 Å². The van der Waals surface area contributed by atoms with E-state index in [0.717, 1.165) is 38.5 Å². The van der Waals surface area contributed by atoms with E-state index in [-0.39, 0.29) is 16.2 Å². The van der Waals surface area contributed by atoms with Crippen LogP contribution in [-0.2, 0) is 15.6 Å². The predicted octanol–water partition coefficient (Wildman–Crippen LogP) is 11.7. The third-order valence-corrected chi connectivity index (χ3v) is 20.8. The summed E-state index contributed by atoms with van der Waals surface area (Å²) in [4.78, 5) is 12.3. The van der Waals surface area contributed by atoms with Crippen LogP contribution in [0.1, 0.15) is 125 Å². The lowest BCUT2D eigenvalue weighted by atomic mass is 9.55. The molecule has 266 valence electrons. The molecule has 4 saturated carbocycles. The topological polar surface area (TPSA) is 17.1 Å². The van der Waals surface area contributed by atoms with Crippen LogP contribution in [0.25, 0.3) is 55.0 Å². The molecule has 7 atom stereocenters. The van der Waals surface area contributed by atoms with Crippen molar-refractivity contribution in [1.82, 2.24) is 0 Å². The molecule has 2 spiro atoms. The molecule has 1 heteroatoms. The summed E-state index contributed by atoms with van der Waals surface area (Å²) >= 11 is 0. The monoisotopic (exact) mass is 740 g/mol. The first-order valence-corrected chi connectivity index (χ1v) is 22.9. The molecule has 4 aromatic carbocycles. The lowest BCUT2D eigenvalue weighted by molar-refractivity contribution is -0.117. The molecule has 0 saturated heterocycles. The van der Waals surface area contributed by atoms with Crippen LogP contribution in [0.15, 0.2) is 121 Å². The first kappa shape index (κ1) is 26.2. The number of allylic oxidation sites excluding steroid dienone is 18. The maximum Gasteiger partial charge on any atom is 0.129 e. The minimum Gasteiger partial charge on any atom is -0.300 e. The number of rotatable bonds is 7. The summed E-state index contributed by atoms with van der Waals surface area (Å²) < 4.78 is 0. The van der Waals surface area contributed by atoms with Gasteiger partial charge in [0.05, 0.1) is 0 Å². The predicted molar refractivity (Wildman–Crippen MR) is 227 cm³/mol. The van der Waals surface area contributed by atoms with Gasteiger partial charge in [0.1, 0.15) is 5.78 Å². The largest absolute Gasteiger partial charge is 0.300 e. The van der Waals surface area contributed by atoms with Gasteiger partial charge in [-0.1, -0.05) is 55.3 Å². The highest BCUT2D eigenvalue weighted by Crippen LogP contribution is 2.99. The normalized spacial score (nSPS) is 36.4. The Kier molecular flexibility index (Phi) is 2.98. The molecule has 18 aliphatic rings. The molecular weight excluding hydrogens is 713 g/mol. The van der Waals surface area contributed by atoms with Gasteiger partial charge < -0.3 is 4.79 Å². The molecule has 4 aromatic rings. The lowest BCUT2D eigenvalue weighted by Gasteiger charge is -2.47. The lowest BCUT2D eigenvalue weighted by Crippen LogP contribution is -2.35. The van der Waals surface area contributed by atoms with Crippen molar-refractivity contribution in [1.29, 1.82) is 0 Å². The average molecular weight is 741 g/mol. The van der Waals surface area contributed by atoms with Crippen molar-refractivity contribution in [3.63, 3.8) is 0 Å². The number of carbonyl (C=O) groups is 1. The van der Waals surface area contributed by atoms with Crippen LogP contribution in [0, 0.1) is 17.3 Å². The molecule has 0 amide bonds. The average Bonchev–Trinajstić information content (AvgIpc) is 4.06. The number of unbranched alkanes of at least 4 members (excludes halogenated alkanes) is 2. The highest BCUT2D eigenvalue weighted by Gasteiger charge is 2.96. The fraction of sp³-hybridized carbons (Fsp3) is 0.259. The second kappa shape index (κ2) is 6.72. The summed E-state index contributed by atoms with van der Waals surface area (Å²) in [6.45, 7) is 1.78. The zero-order chi connectivity index (χ0) is 36.8. The molecule has 0 bridgehead atoms. The Morgan fingerprint density at radius 3 is 2.14 bits per heavy atom. The smallest absolute Gasteiger partial charge is 0.129 e. The maximum atomic E-state index is 12.3. The fourth-order valence-corrected chi connectivity index (χ4v) is 20.3. The van der Waals surface area contributed by atoms with Gasteiger partial charge in [0.15, 0.2) is 0 Å². The van der Waals surface area contributed by atoms with Gasteiger partial charge in [-0.25, -0.2) is 0 Å². The zero-order valence-electron chi connectivity index (χ0n) is 32.2. The first-order valence-electron chi connectivity index (χ1n) is 22.9. The minimum atomic E-state index is -0.184. The van der Waals surface area contributed by atoms with Gasteiger partial charge in [-0.15, -0.1) is 11.5 Å². The second-order valence-corrected chi connectivity index (χ2v) is 21.7. The van der Waals surface area contributed by atoms with Crippen molar-refractivity contribution in [2.45, 2.75) is 74.5 Å². The van der Waals surface area contributed by atoms with E-state index in [0.29, 0.717) is 35.9 Å². The van der Waals surface area contributed by atoms with Crippen molar-refractivity contribution in [2.75, 3.05) is 0 Å². The number of Topliss-reactive ketones (excluding diaryl/α,β-unsaturated/α-hetero) is 1. The summed E-state index contributed by atoms with van der Waals surface area (Å²) in [5.74, 6) is 2.13. The van der Waals surface area contributed by atoms with Crippen LogP contribution in [-0.4, -0.2) is 5.78 Å². The number of fused-ring (bicyclic) bond motifs is 3. The summed E-state index contributed by atoms with van der Waals surface area (Å²) in [6.07, 6.45) is 12.7. The van der Waals surface area contributed by atoms with Gasteiger partial charge in [0.25, 0.3) is 0 Å². The van der Waals surface area contributed by atoms with Crippen LogP contribution in [0.3, 0.4) is 0 Å². The third-order valence-electron chi connectivity index (χ3n) is 20.8. The van der Waals surface area contributed by atoms with Gasteiger partial charge in [0.2, 0.25) is 0 Å². The van der Waals surface area contributed by atoms with E-state index in [2.05, 4.69) is 53.9 Å². The molecule has 0 radical (unpaired) electrons. The van der Waals surface area contributed by atoms with Gasteiger partial charge in [-0.3, -0.25) is 0 Å². The van der Waals surface area contributed by atoms with Crippen molar-refractivity contribution in [3.05, 3.63) is 182 Å². The van der Waals surface area contributed by atoms with E-state index in [1.54, 1.807) is 168 Å². The molecular formula is C58H28O. The zero-order valence-corrected chi connectivity index (χ0v) is 32.2. The quantitative estimate of drug-likeness (QED) is 0.105. The van der Waals surface area contributed by atoms with Gasteiger partial charge in [-0.2, -0.15) is 0 Å². The Morgan fingerprint density at radius 1 is 0.661 bits per heavy atom. The van der Waals surface area contributed by atoms with E-state index in [1.165, 1.54) is 22.3 Å². The number of benzene rings is 4. The van der Waals surface area contributed by atoms with Crippen LogP contribution in [0.4, 0.5) is 0 Å². The van der Waals surface area contributed by atoms with Crippen LogP contribution in [0.2, 0.25) is 0 Å². The van der Waals surface area contributed by atoms with Crippen molar-refractivity contribution in [3.8, 4) is 0 Å². The Balaban J connectivity index is 1.06. The van der Waals surface area contributed by atoms with E-state index in [4.69, 9.17) is 0 Å². The Hall–Kier alpha value is -5.97. The number of hydrogen-bond acceptors (Lipinski definition) is 1. The maximum absolute atomic E-state index is 12.3. The number of ketones is 1. The molecule has 59 heavy (non-hydrogen) atoms. The first-order chi connectivity index (χ1) is 29.2. The molecule has 18 aliphatic carbocycles. The van der Waals surface area contributed by atoms with Crippen LogP contribution < -0.4 is 0 Å². The van der Waals surface area contributed by atoms with Crippen LogP contribution >= 0.6 is 0 Å². The summed E-state index contributed by atoms with van der Waals surface area (Å²) in [5, 5.41) is 6.83. The molecule has 1 nitrogen and oxygen atoms in total. The van der Waals surface area contributed by atoms with E-state index < -0.39 is 0 Å². The van der Waals surface area contributed by atoms with Crippen molar-refractivity contribution >= 4 is 60.8 Å². The molecule has 0 heterocycles. The minimum absolute atomic E-state index is 0.136. The van der Waals surface area contributed by atoms with Gasteiger partial charge in [-0.05, 0) is 170 Å². The summed E-state index contributed by atoms with van der Waals surface area (Å²) in [7, 11) is 0. The third kappa shape index (κ3) is 1.73. The van der Waals surface area contributed by atoms with E-state index in [9.17, 15) is 4.79 Å².